The van der Waals surface area contributed by atoms with Gasteiger partial charge in [-0.05, 0) is 6.07 Å². The molecule has 0 N–H and O–H groups in total. The third-order valence-corrected chi connectivity index (χ3v) is 6.09. The number of sulfonamides is 1. The maximum absolute atomic E-state index is 12.5. The van der Waals surface area contributed by atoms with Gasteiger partial charge in [0, 0.05) is 43.7 Å². The van der Waals surface area contributed by atoms with Gasteiger partial charge in [-0.1, -0.05) is 20.8 Å². The SMILES string of the molecule is Cn1cc(S(=O)(=O)N2CC(Cn3nc(C(C)(C)C)ccc3=O)C2)cn1. The van der Waals surface area contributed by atoms with Crippen molar-refractivity contribution in [2.24, 2.45) is 13.0 Å². The van der Waals surface area contributed by atoms with Crippen LogP contribution in [0, 0.1) is 5.92 Å². The van der Waals surface area contributed by atoms with Crippen molar-refractivity contribution in [2.45, 2.75) is 37.6 Å². The normalized spacial score (nSPS) is 16.8. The average molecular weight is 365 g/mol. The first-order valence-corrected chi connectivity index (χ1v) is 9.59. The number of aromatic nitrogens is 4. The van der Waals surface area contributed by atoms with Gasteiger partial charge in [-0.15, -0.1) is 0 Å². The molecule has 25 heavy (non-hydrogen) atoms. The highest BCUT2D eigenvalue weighted by Crippen LogP contribution is 2.25. The second-order valence-corrected chi connectivity index (χ2v) is 9.46. The number of aryl methyl sites for hydroxylation is 1. The van der Waals surface area contributed by atoms with Gasteiger partial charge in [-0.3, -0.25) is 9.48 Å². The quantitative estimate of drug-likeness (QED) is 0.791. The summed E-state index contributed by atoms with van der Waals surface area (Å²) < 4.78 is 29.3. The Balaban J connectivity index is 1.69. The van der Waals surface area contributed by atoms with Crippen molar-refractivity contribution in [3.8, 4) is 0 Å². The third-order valence-electron chi connectivity index (χ3n) is 4.31. The minimum absolute atomic E-state index is 0.0758. The zero-order valence-electron chi connectivity index (χ0n) is 14.9. The Morgan fingerprint density at radius 2 is 1.92 bits per heavy atom. The molecule has 0 spiro atoms. The van der Waals surface area contributed by atoms with Gasteiger partial charge in [-0.2, -0.15) is 14.5 Å². The highest BCUT2D eigenvalue weighted by molar-refractivity contribution is 7.89. The van der Waals surface area contributed by atoms with Crippen molar-refractivity contribution in [1.82, 2.24) is 23.9 Å². The fourth-order valence-corrected chi connectivity index (χ4v) is 4.32. The Bertz CT molecular complexity index is 933. The monoisotopic (exact) mass is 365 g/mol. The Kier molecular flexibility index (Phi) is 4.32. The highest BCUT2D eigenvalue weighted by Gasteiger charge is 2.37. The molecule has 0 saturated carbocycles. The first-order chi connectivity index (χ1) is 11.6. The van der Waals surface area contributed by atoms with E-state index in [4.69, 9.17) is 0 Å². The summed E-state index contributed by atoms with van der Waals surface area (Å²) in [5, 5.41) is 8.35. The van der Waals surface area contributed by atoms with Crippen molar-refractivity contribution < 1.29 is 8.42 Å². The minimum atomic E-state index is -3.51. The van der Waals surface area contributed by atoms with E-state index in [1.165, 1.54) is 32.1 Å². The molecule has 1 aliphatic rings. The predicted octanol–water partition coefficient (Wildman–Crippen LogP) is 0.595. The Morgan fingerprint density at radius 3 is 2.48 bits per heavy atom. The van der Waals surface area contributed by atoms with E-state index in [0.717, 1.165) is 5.69 Å². The zero-order chi connectivity index (χ0) is 18.4. The van der Waals surface area contributed by atoms with Crippen molar-refractivity contribution in [3.63, 3.8) is 0 Å². The van der Waals surface area contributed by atoms with Gasteiger partial charge >= 0.3 is 0 Å². The van der Waals surface area contributed by atoms with E-state index in [1.807, 2.05) is 20.8 Å². The molecule has 0 aromatic carbocycles. The Labute approximate surface area is 147 Å². The summed E-state index contributed by atoms with van der Waals surface area (Å²) in [6.07, 6.45) is 2.84. The van der Waals surface area contributed by atoms with E-state index in [2.05, 4.69) is 10.2 Å². The summed E-state index contributed by atoms with van der Waals surface area (Å²) in [4.78, 5) is 12.2. The van der Waals surface area contributed by atoms with Crippen LogP contribution in [0.5, 0.6) is 0 Å². The number of hydrogen-bond donors (Lipinski definition) is 0. The lowest BCUT2D eigenvalue weighted by molar-refractivity contribution is 0.172. The van der Waals surface area contributed by atoms with Gasteiger partial charge in [0.15, 0.2) is 0 Å². The van der Waals surface area contributed by atoms with Crippen LogP contribution in [0.2, 0.25) is 0 Å². The van der Waals surface area contributed by atoms with E-state index in [0.29, 0.717) is 19.6 Å². The van der Waals surface area contributed by atoms with Crippen LogP contribution in [0.25, 0.3) is 0 Å². The number of rotatable bonds is 4. The van der Waals surface area contributed by atoms with E-state index in [-0.39, 0.29) is 21.8 Å². The lowest BCUT2D eigenvalue weighted by Gasteiger charge is -2.37. The smallest absolute Gasteiger partial charge is 0.266 e. The van der Waals surface area contributed by atoms with Crippen LogP contribution in [-0.4, -0.2) is 45.4 Å². The van der Waals surface area contributed by atoms with E-state index >= 15 is 0 Å². The molecule has 2 aromatic heterocycles. The molecule has 0 atom stereocenters. The van der Waals surface area contributed by atoms with Crippen LogP contribution >= 0.6 is 0 Å². The molecule has 0 radical (unpaired) electrons. The maximum Gasteiger partial charge on any atom is 0.266 e. The Morgan fingerprint density at radius 1 is 1.24 bits per heavy atom. The predicted molar refractivity (Wildman–Crippen MR) is 92.7 cm³/mol. The number of nitrogens with zero attached hydrogens (tertiary/aromatic N) is 5. The van der Waals surface area contributed by atoms with Gasteiger partial charge in [0.1, 0.15) is 4.90 Å². The van der Waals surface area contributed by atoms with Crippen molar-refractivity contribution in [1.29, 1.82) is 0 Å². The standard InChI is InChI=1S/C16H23N5O3S/c1-16(2,3)14-5-6-15(22)21(18-14)10-12-8-20(9-12)25(23,24)13-7-17-19(4)11-13/h5-7,11-12H,8-10H2,1-4H3. The van der Waals surface area contributed by atoms with E-state index in [1.54, 1.807) is 13.1 Å². The molecule has 0 bridgehead atoms. The van der Waals surface area contributed by atoms with Crippen molar-refractivity contribution in [3.05, 3.63) is 40.6 Å². The summed E-state index contributed by atoms with van der Waals surface area (Å²) in [5.41, 5.74) is 0.526. The Hall–Kier alpha value is -2.00. The zero-order valence-corrected chi connectivity index (χ0v) is 15.7. The van der Waals surface area contributed by atoms with Crippen LogP contribution in [0.15, 0.2) is 34.2 Å². The van der Waals surface area contributed by atoms with Crippen LogP contribution < -0.4 is 5.56 Å². The highest BCUT2D eigenvalue weighted by atomic mass is 32.2. The number of hydrogen-bond acceptors (Lipinski definition) is 5. The van der Waals surface area contributed by atoms with Gasteiger partial charge in [0.2, 0.25) is 10.0 Å². The van der Waals surface area contributed by atoms with Crippen LogP contribution in [0.4, 0.5) is 0 Å². The molecular weight excluding hydrogens is 342 g/mol. The fourth-order valence-electron chi connectivity index (χ4n) is 2.74. The first-order valence-electron chi connectivity index (χ1n) is 8.15. The van der Waals surface area contributed by atoms with Crippen LogP contribution in [0.1, 0.15) is 26.5 Å². The second kappa shape index (κ2) is 6.06. The van der Waals surface area contributed by atoms with Gasteiger partial charge in [0.05, 0.1) is 18.4 Å². The summed E-state index contributed by atoms with van der Waals surface area (Å²) in [6, 6.07) is 3.27. The third kappa shape index (κ3) is 3.52. The maximum atomic E-state index is 12.5. The lowest BCUT2D eigenvalue weighted by Crippen LogP contribution is -2.52. The molecule has 0 aliphatic carbocycles. The molecule has 2 aromatic rings. The van der Waals surface area contributed by atoms with Crippen LogP contribution in [0.3, 0.4) is 0 Å². The van der Waals surface area contributed by atoms with Crippen LogP contribution in [-0.2, 0) is 29.0 Å². The second-order valence-electron chi connectivity index (χ2n) is 7.53. The minimum Gasteiger partial charge on any atom is -0.274 e. The summed E-state index contributed by atoms with van der Waals surface area (Å²) in [6.45, 7) is 7.29. The average Bonchev–Trinajstić information content (AvgIpc) is 2.90. The fraction of sp³-hybridized carbons (Fsp3) is 0.562. The van der Waals surface area contributed by atoms with Gasteiger partial charge in [-0.25, -0.2) is 13.1 Å². The summed E-state index contributed by atoms with van der Waals surface area (Å²) in [5.74, 6) is 0.0758. The molecule has 136 valence electrons. The molecule has 1 fully saturated rings. The van der Waals surface area contributed by atoms with Crippen molar-refractivity contribution >= 4 is 10.0 Å². The van der Waals surface area contributed by atoms with Gasteiger partial charge < -0.3 is 0 Å². The molecular formula is C16H23N5O3S. The summed E-state index contributed by atoms with van der Waals surface area (Å²) in [7, 11) is -1.83. The molecule has 3 heterocycles. The topological polar surface area (TPSA) is 90.1 Å². The first kappa shape index (κ1) is 17.8. The molecule has 9 heteroatoms. The molecule has 1 aliphatic heterocycles. The van der Waals surface area contributed by atoms with Crippen molar-refractivity contribution in [2.75, 3.05) is 13.1 Å². The van der Waals surface area contributed by atoms with E-state index < -0.39 is 10.0 Å². The molecule has 3 rings (SSSR count). The lowest BCUT2D eigenvalue weighted by atomic mass is 9.92. The van der Waals surface area contributed by atoms with Gasteiger partial charge in [0.25, 0.3) is 5.56 Å². The molecule has 8 nitrogen and oxygen atoms in total. The molecule has 0 unspecified atom stereocenters. The largest absolute Gasteiger partial charge is 0.274 e. The molecule has 0 amide bonds. The summed E-state index contributed by atoms with van der Waals surface area (Å²) >= 11 is 0. The van der Waals surface area contributed by atoms with E-state index in [9.17, 15) is 13.2 Å². The molecule has 1 saturated heterocycles.